The van der Waals surface area contributed by atoms with Crippen molar-refractivity contribution in [3.05, 3.63) is 110 Å². The second-order valence-corrected chi connectivity index (χ2v) is 7.63. The zero-order valence-electron chi connectivity index (χ0n) is 17.7. The summed E-state index contributed by atoms with van der Waals surface area (Å²) in [5, 5.41) is 18.8. The van der Waals surface area contributed by atoms with E-state index in [1.165, 1.54) is 25.1 Å². The summed E-state index contributed by atoms with van der Waals surface area (Å²) in [6, 6.07) is 14.1. The Kier molecular flexibility index (Phi) is 5.75. The van der Waals surface area contributed by atoms with Crippen molar-refractivity contribution in [1.29, 1.82) is 0 Å². The number of halogens is 3. The lowest BCUT2D eigenvalue weighted by atomic mass is 9.81. The van der Waals surface area contributed by atoms with Gasteiger partial charge < -0.3 is 9.84 Å². The molecule has 7 nitrogen and oxygen atoms in total. The molecule has 2 heterocycles. The van der Waals surface area contributed by atoms with Gasteiger partial charge in [-0.1, -0.05) is 53.7 Å². The third-order valence-electron chi connectivity index (χ3n) is 5.40. The SMILES string of the molecule is CC1=C(c2nc(Cc3ccccc3)no2)C(c2ccccc2C(F)(F)F)C([N+](=O)[O-])=C(C)N1. The third kappa shape index (κ3) is 4.36. The summed E-state index contributed by atoms with van der Waals surface area (Å²) >= 11 is 0. The number of aromatic nitrogens is 2. The van der Waals surface area contributed by atoms with Crippen LogP contribution in [0.2, 0.25) is 0 Å². The number of benzene rings is 2. The van der Waals surface area contributed by atoms with Gasteiger partial charge in [0.2, 0.25) is 0 Å². The van der Waals surface area contributed by atoms with Crippen LogP contribution in [-0.4, -0.2) is 15.1 Å². The Bertz CT molecular complexity index is 1260. The van der Waals surface area contributed by atoms with E-state index in [4.69, 9.17) is 4.52 Å². The van der Waals surface area contributed by atoms with E-state index in [0.717, 1.165) is 11.6 Å². The smallest absolute Gasteiger partial charge is 0.357 e. The van der Waals surface area contributed by atoms with Gasteiger partial charge in [-0.25, -0.2) is 0 Å². The van der Waals surface area contributed by atoms with Crippen LogP contribution in [0.5, 0.6) is 0 Å². The van der Waals surface area contributed by atoms with Crippen LogP contribution in [0.3, 0.4) is 0 Å². The first-order chi connectivity index (χ1) is 15.7. The van der Waals surface area contributed by atoms with Crippen molar-refractivity contribution in [2.45, 2.75) is 32.4 Å². The molecule has 170 valence electrons. The number of alkyl halides is 3. The molecule has 4 rings (SSSR count). The first kappa shape index (κ1) is 22.3. The molecular formula is C23H19F3N4O3. The van der Waals surface area contributed by atoms with Crippen LogP contribution in [0.4, 0.5) is 13.2 Å². The number of nitrogens with zero attached hydrogens (tertiary/aromatic N) is 3. The Morgan fingerprint density at radius 2 is 1.73 bits per heavy atom. The number of hydrogen-bond donors (Lipinski definition) is 1. The molecule has 0 saturated carbocycles. The number of dihydropyridines is 1. The minimum Gasteiger partial charge on any atom is -0.357 e. The Labute approximate surface area is 186 Å². The van der Waals surface area contributed by atoms with E-state index in [1.807, 2.05) is 30.3 Å². The number of nitrogens with one attached hydrogen (secondary N) is 1. The van der Waals surface area contributed by atoms with Crippen molar-refractivity contribution in [3.8, 4) is 0 Å². The van der Waals surface area contributed by atoms with Crippen molar-refractivity contribution in [3.63, 3.8) is 0 Å². The van der Waals surface area contributed by atoms with Crippen LogP contribution < -0.4 is 5.32 Å². The standard InChI is InChI=1S/C23H19F3N4O3/c1-13-19(22-28-18(29-33-22)12-15-8-4-3-5-9-15)20(21(30(31)32)14(2)27-13)16-10-6-7-11-17(16)23(24,25)26/h3-11,20,27H,12H2,1-2H3. The summed E-state index contributed by atoms with van der Waals surface area (Å²) in [5.41, 5.74) is -0.0285. The average molecular weight is 456 g/mol. The maximum Gasteiger partial charge on any atom is 0.416 e. The molecule has 0 bridgehead atoms. The largest absolute Gasteiger partial charge is 0.416 e. The Morgan fingerprint density at radius 3 is 2.39 bits per heavy atom. The van der Waals surface area contributed by atoms with Gasteiger partial charge in [-0.2, -0.15) is 18.2 Å². The van der Waals surface area contributed by atoms with E-state index in [2.05, 4.69) is 15.5 Å². The van der Waals surface area contributed by atoms with Crippen LogP contribution >= 0.6 is 0 Å². The summed E-state index contributed by atoms with van der Waals surface area (Å²) in [6.45, 7) is 3.07. The second kappa shape index (κ2) is 8.53. The van der Waals surface area contributed by atoms with Crippen molar-refractivity contribution in [2.75, 3.05) is 0 Å². The maximum absolute atomic E-state index is 13.8. The van der Waals surface area contributed by atoms with Crippen molar-refractivity contribution >= 4 is 5.57 Å². The molecule has 33 heavy (non-hydrogen) atoms. The molecule has 0 spiro atoms. The van der Waals surface area contributed by atoms with Gasteiger partial charge in [-0.05, 0) is 31.0 Å². The van der Waals surface area contributed by atoms with Gasteiger partial charge in [0.15, 0.2) is 5.82 Å². The van der Waals surface area contributed by atoms with Gasteiger partial charge >= 0.3 is 6.18 Å². The molecule has 1 aliphatic heterocycles. The van der Waals surface area contributed by atoms with E-state index in [-0.39, 0.29) is 22.7 Å². The quantitative estimate of drug-likeness (QED) is 0.413. The van der Waals surface area contributed by atoms with Crippen molar-refractivity contribution < 1.29 is 22.6 Å². The highest BCUT2D eigenvalue weighted by molar-refractivity contribution is 5.74. The average Bonchev–Trinajstić information content (AvgIpc) is 3.20. The third-order valence-corrected chi connectivity index (χ3v) is 5.40. The molecule has 10 heteroatoms. The van der Waals surface area contributed by atoms with E-state index >= 15 is 0 Å². The van der Waals surface area contributed by atoms with E-state index in [0.29, 0.717) is 17.9 Å². The monoisotopic (exact) mass is 456 g/mol. The predicted molar refractivity (Wildman–Crippen MR) is 113 cm³/mol. The van der Waals surface area contributed by atoms with E-state index in [1.54, 1.807) is 6.92 Å². The summed E-state index contributed by atoms with van der Waals surface area (Å²) in [6.07, 6.45) is -4.37. The first-order valence-electron chi connectivity index (χ1n) is 10.0. The number of rotatable bonds is 5. The summed E-state index contributed by atoms with van der Waals surface area (Å²) in [7, 11) is 0. The Hall–Kier alpha value is -3.95. The molecule has 1 aliphatic rings. The highest BCUT2D eigenvalue weighted by Gasteiger charge is 2.44. The predicted octanol–water partition coefficient (Wildman–Crippen LogP) is 5.31. The fraction of sp³-hybridized carbons (Fsp3) is 0.217. The zero-order valence-corrected chi connectivity index (χ0v) is 17.7. The lowest BCUT2D eigenvalue weighted by Crippen LogP contribution is -2.28. The molecular weight excluding hydrogens is 437 g/mol. The molecule has 2 aromatic carbocycles. The fourth-order valence-corrected chi connectivity index (χ4v) is 4.03. The van der Waals surface area contributed by atoms with Crippen LogP contribution in [0.25, 0.3) is 5.57 Å². The molecule has 1 aromatic heterocycles. The van der Waals surface area contributed by atoms with Crippen LogP contribution in [0.15, 0.2) is 76.2 Å². The minimum atomic E-state index is -4.70. The zero-order chi connectivity index (χ0) is 23.8. The fourth-order valence-electron chi connectivity index (χ4n) is 4.03. The highest BCUT2D eigenvalue weighted by atomic mass is 19.4. The van der Waals surface area contributed by atoms with Crippen LogP contribution in [-0.2, 0) is 12.6 Å². The van der Waals surface area contributed by atoms with Gasteiger partial charge in [0.1, 0.15) is 5.92 Å². The van der Waals surface area contributed by atoms with E-state index < -0.39 is 28.3 Å². The molecule has 1 N–H and O–H groups in total. The lowest BCUT2D eigenvalue weighted by molar-refractivity contribution is -0.430. The summed E-state index contributed by atoms with van der Waals surface area (Å²) < 4.78 is 46.9. The van der Waals surface area contributed by atoms with E-state index in [9.17, 15) is 23.3 Å². The van der Waals surface area contributed by atoms with Crippen LogP contribution in [0, 0.1) is 10.1 Å². The summed E-state index contributed by atoms with van der Waals surface area (Å²) in [5.74, 6) is -1.11. The number of hydrogen-bond acceptors (Lipinski definition) is 6. The maximum atomic E-state index is 13.8. The minimum absolute atomic E-state index is 0.0697. The number of nitro groups is 1. The van der Waals surface area contributed by atoms with Gasteiger partial charge in [-0.3, -0.25) is 10.1 Å². The van der Waals surface area contributed by atoms with Gasteiger partial charge in [0, 0.05) is 12.1 Å². The van der Waals surface area contributed by atoms with Gasteiger partial charge in [0.25, 0.3) is 11.6 Å². The molecule has 1 atom stereocenters. The molecule has 3 aromatic rings. The molecule has 0 radical (unpaired) electrons. The van der Waals surface area contributed by atoms with Crippen molar-refractivity contribution in [2.24, 2.45) is 0 Å². The van der Waals surface area contributed by atoms with Crippen LogP contribution in [0.1, 0.15) is 48.2 Å². The van der Waals surface area contributed by atoms with Gasteiger partial charge in [-0.15, -0.1) is 0 Å². The lowest BCUT2D eigenvalue weighted by Gasteiger charge is -2.27. The molecule has 0 saturated heterocycles. The summed E-state index contributed by atoms with van der Waals surface area (Å²) in [4.78, 5) is 15.7. The topological polar surface area (TPSA) is 94.1 Å². The molecule has 0 aliphatic carbocycles. The van der Waals surface area contributed by atoms with Crippen molar-refractivity contribution in [1.82, 2.24) is 15.5 Å². The molecule has 1 unspecified atom stereocenters. The second-order valence-electron chi connectivity index (χ2n) is 7.63. The Morgan fingerprint density at radius 1 is 1.06 bits per heavy atom. The first-order valence-corrected chi connectivity index (χ1v) is 10.0. The normalized spacial score (nSPS) is 16.7. The Balaban J connectivity index is 1.85. The highest BCUT2D eigenvalue weighted by Crippen LogP contribution is 2.46. The molecule has 0 amide bonds. The number of allylic oxidation sites excluding steroid dienone is 3. The molecule has 0 fully saturated rings. The van der Waals surface area contributed by atoms with Gasteiger partial charge in [0.05, 0.1) is 21.8 Å².